The molecule has 28 heavy (non-hydrogen) atoms. The Balaban J connectivity index is 0.00000280. The van der Waals surface area contributed by atoms with Gasteiger partial charge in [-0.25, -0.2) is 17.7 Å². The quantitative estimate of drug-likeness (QED) is 0.639. The van der Waals surface area contributed by atoms with E-state index in [-0.39, 0.29) is 28.1 Å². The zero-order valence-electron chi connectivity index (χ0n) is 15.3. The Hall–Kier alpha value is -1.84. The Bertz CT molecular complexity index is 1150. The molecule has 0 aliphatic rings. The van der Waals surface area contributed by atoms with Crippen LogP contribution in [0.4, 0.5) is 5.69 Å². The maximum atomic E-state index is 12.5. The highest BCUT2D eigenvalue weighted by Crippen LogP contribution is 2.29. The second-order valence-corrected chi connectivity index (χ2v) is 9.39. The van der Waals surface area contributed by atoms with Crippen LogP contribution in [0.1, 0.15) is 0 Å². The fraction of sp³-hybridized carbons (Fsp3) is 0.167. The van der Waals surface area contributed by atoms with E-state index in [1.165, 1.54) is 25.4 Å². The molecule has 0 atom stereocenters. The third kappa shape index (κ3) is 4.42. The normalized spacial score (nSPS) is 12.2. The van der Waals surface area contributed by atoms with Gasteiger partial charge in [-0.15, -0.1) is 23.7 Å². The first-order chi connectivity index (χ1) is 12.7. The molecule has 150 valence electrons. The van der Waals surface area contributed by atoms with Crippen LogP contribution in [0.2, 0.25) is 5.02 Å². The van der Waals surface area contributed by atoms with Gasteiger partial charge in [-0.2, -0.15) is 0 Å². The van der Waals surface area contributed by atoms with Gasteiger partial charge in [0, 0.05) is 32.1 Å². The van der Waals surface area contributed by atoms with Crippen LogP contribution < -0.4 is 4.80 Å². The molecule has 3 rings (SSSR count). The maximum Gasteiger partial charge on any atom is 0.244 e. The van der Waals surface area contributed by atoms with Gasteiger partial charge in [0.05, 0.1) is 16.4 Å². The van der Waals surface area contributed by atoms with Crippen molar-refractivity contribution in [1.82, 2.24) is 8.87 Å². The van der Waals surface area contributed by atoms with Crippen molar-refractivity contribution in [1.29, 1.82) is 0 Å². The number of hydrogen-bond acceptors (Lipinski definition) is 5. The molecule has 6 nitrogen and oxygen atoms in total. The van der Waals surface area contributed by atoms with E-state index < -0.39 is 10.0 Å². The summed E-state index contributed by atoms with van der Waals surface area (Å²) in [7, 11) is 1.15. The number of benzene rings is 2. The first-order valence-electron chi connectivity index (χ1n) is 7.91. The lowest BCUT2D eigenvalue weighted by atomic mass is 10.2. The van der Waals surface area contributed by atoms with Gasteiger partial charge in [-0.1, -0.05) is 17.7 Å². The van der Waals surface area contributed by atoms with Crippen LogP contribution >= 0.6 is 35.3 Å². The van der Waals surface area contributed by atoms with E-state index >= 15 is 0 Å². The summed E-state index contributed by atoms with van der Waals surface area (Å²) in [5.74, 6) is 0.181. The second-order valence-electron chi connectivity index (χ2n) is 6.02. The third-order valence-electron chi connectivity index (χ3n) is 3.98. The van der Waals surface area contributed by atoms with Crippen LogP contribution in [0.15, 0.2) is 57.7 Å². The van der Waals surface area contributed by atoms with Crippen LogP contribution in [0, 0.1) is 0 Å². The highest BCUT2D eigenvalue weighted by Gasteiger charge is 2.22. The number of aromatic nitrogens is 1. The Kier molecular flexibility index (Phi) is 6.95. The fourth-order valence-corrected chi connectivity index (χ4v) is 4.75. The average Bonchev–Trinajstić information content (AvgIpc) is 2.98. The van der Waals surface area contributed by atoms with Gasteiger partial charge in [-0.05, 0) is 36.4 Å². The van der Waals surface area contributed by atoms with Gasteiger partial charge >= 0.3 is 0 Å². The molecule has 0 aliphatic heterocycles. The molecule has 1 aromatic heterocycles. The van der Waals surface area contributed by atoms with Crippen molar-refractivity contribution in [2.45, 2.75) is 4.90 Å². The van der Waals surface area contributed by atoms with Crippen molar-refractivity contribution in [2.24, 2.45) is 12.0 Å². The van der Waals surface area contributed by atoms with Crippen molar-refractivity contribution in [3.8, 4) is 17.0 Å². The topological polar surface area (TPSA) is 74.9 Å². The van der Waals surface area contributed by atoms with Crippen LogP contribution in [-0.2, 0) is 17.1 Å². The Morgan fingerprint density at radius 1 is 1.14 bits per heavy atom. The number of phenolic OH excluding ortho intramolecular Hbond substituents is 1. The van der Waals surface area contributed by atoms with Crippen LogP contribution in [-0.4, -0.2) is 36.5 Å². The van der Waals surface area contributed by atoms with E-state index in [9.17, 15) is 13.5 Å². The number of aromatic hydroxyl groups is 1. The second kappa shape index (κ2) is 8.67. The molecule has 0 spiro atoms. The fourth-order valence-electron chi connectivity index (χ4n) is 2.43. The van der Waals surface area contributed by atoms with Crippen LogP contribution in [0.3, 0.4) is 0 Å². The van der Waals surface area contributed by atoms with Gasteiger partial charge < -0.3 is 9.67 Å². The molecule has 3 aromatic rings. The lowest BCUT2D eigenvalue weighted by Crippen LogP contribution is -2.22. The SMILES string of the molecule is CN(C)S(=O)(=O)c1cc(-c2cs/c(=N/c3ccc(O)cc3)n2C)ccc1Cl.Cl. The summed E-state index contributed by atoms with van der Waals surface area (Å²) in [5.41, 5.74) is 2.26. The largest absolute Gasteiger partial charge is 0.508 e. The summed E-state index contributed by atoms with van der Waals surface area (Å²) in [6.45, 7) is 0. The number of nitrogens with zero attached hydrogens (tertiary/aromatic N) is 3. The molecule has 0 unspecified atom stereocenters. The summed E-state index contributed by atoms with van der Waals surface area (Å²) in [4.78, 5) is 5.37. The smallest absolute Gasteiger partial charge is 0.244 e. The van der Waals surface area contributed by atoms with Crippen molar-refractivity contribution in [3.63, 3.8) is 0 Å². The Labute approximate surface area is 178 Å². The molecule has 0 bridgehead atoms. The van der Waals surface area contributed by atoms with E-state index in [0.29, 0.717) is 5.69 Å². The lowest BCUT2D eigenvalue weighted by Gasteiger charge is -2.14. The predicted molar refractivity (Wildman–Crippen MR) is 115 cm³/mol. The van der Waals surface area contributed by atoms with Gasteiger partial charge in [0.2, 0.25) is 10.0 Å². The molecular weight excluding hydrogens is 441 g/mol. The van der Waals surface area contributed by atoms with E-state index in [0.717, 1.165) is 20.4 Å². The maximum absolute atomic E-state index is 12.5. The van der Waals surface area contributed by atoms with Gasteiger partial charge in [0.25, 0.3) is 0 Å². The summed E-state index contributed by atoms with van der Waals surface area (Å²) < 4.78 is 28.0. The van der Waals surface area contributed by atoms with E-state index in [1.807, 2.05) is 17.0 Å². The van der Waals surface area contributed by atoms with E-state index in [2.05, 4.69) is 4.99 Å². The van der Waals surface area contributed by atoms with Gasteiger partial charge in [0.1, 0.15) is 10.6 Å². The number of hydrogen-bond donors (Lipinski definition) is 1. The summed E-state index contributed by atoms with van der Waals surface area (Å²) in [5, 5.41) is 11.5. The molecular formula is C18H19Cl2N3O3S2. The number of rotatable bonds is 4. The third-order valence-corrected chi connectivity index (χ3v) is 7.20. The number of phenols is 1. The number of sulfonamides is 1. The van der Waals surface area contributed by atoms with Gasteiger partial charge in [-0.3, -0.25) is 0 Å². The standard InChI is InChI=1S/C18H18ClN3O3S2.ClH/c1-21(2)27(24,25)17-10-12(4-9-15(17)19)16-11-26-18(22(16)3)20-13-5-7-14(23)8-6-13;/h4-11,23H,1-3H3;1H/b20-18+;. The lowest BCUT2D eigenvalue weighted by molar-refractivity contribution is 0.475. The van der Waals surface area contributed by atoms with E-state index in [4.69, 9.17) is 11.6 Å². The summed E-state index contributed by atoms with van der Waals surface area (Å²) in [6.07, 6.45) is 0. The zero-order valence-corrected chi connectivity index (χ0v) is 18.5. The minimum Gasteiger partial charge on any atom is -0.508 e. The molecule has 0 saturated carbocycles. The molecule has 0 aliphatic carbocycles. The van der Waals surface area contributed by atoms with Crippen molar-refractivity contribution in [3.05, 3.63) is 57.7 Å². The summed E-state index contributed by atoms with van der Waals surface area (Å²) >= 11 is 7.56. The molecule has 0 radical (unpaired) electrons. The molecule has 2 aromatic carbocycles. The van der Waals surface area contributed by atoms with E-state index in [1.54, 1.807) is 42.5 Å². The molecule has 0 amide bonds. The molecule has 1 N–H and O–H groups in total. The zero-order chi connectivity index (χ0) is 19.8. The Morgan fingerprint density at radius 2 is 1.79 bits per heavy atom. The van der Waals surface area contributed by atoms with Crippen molar-refractivity contribution < 1.29 is 13.5 Å². The Morgan fingerprint density at radius 3 is 2.39 bits per heavy atom. The highest BCUT2D eigenvalue weighted by atomic mass is 35.5. The first kappa shape index (κ1) is 22.4. The van der Waals surface area contributed by atoms with Crippen molar-refractivity contribution >= 4 is 51.1 Å². The molecule has 10 heteroatoms. The molecule has 0 saturated heterocycles. The summed E-state index contributed by atoms with van der Waals surface area (Å²) in [6, 6.07) is 11.5. The monoisotopic (exact) mass is 459 g/mol. The van der Waals surface area contributed by atoms with Crippen LogP contribution in [0.25, 0.3) is 11.3 Å². The van der Waals surface area contributed by atoms with Gasteiger partial charge in [0.15, 0.2) is 4.80 Å². The minimum absolute atomic E-state index is 0. The molecule has 0 fully saturated rings. The minimum atomic E-state index is -3.65. The molecule has 1 heterocycles. The average molecular weight is 460 g/mol. The number of halogens is 2. The van der Waals surface area contributed by atoms with Crippen LogP contribution in [0.5, 0.6) is 5.75 Å². The number of thiazole rings is 1. The first-order valence-corrected chi connectivity index (χ1v) is 10.6. The predicted octanol–water partition coefficient (Wildman–Crippen LogP) is 4.02. The highest BCUT2D eigenvalue weighted by molar-refractivity contribution is 7.89. The van der Waals surface area contributed by atoms with Crippen molar-refractivity contribution in [2.75, 3.05) is 14.1 Å².